The SMILES string of the molecule is CCc1ccc(CCC(=O)NCCc2cc(C)[nH]c2C)cc1. The average Bonchev–Trinajstić information content (AvgIpc) is 2.83. The van der Waals surface area contributed by atoms with Crippen molar-refractivity contribution in [3.8, 4) is 0 Å². The zero-order valence-electron chi connectivity index (χ0n) is 13.8. The molecule has 0 radical (unpaired) electrons. The molecule has 0 saturated heterocycles. The summed E-state index contributed by atoms with van der Waals surface area (Å²) in [6, 6.07) is 10.7. The molecule has 1 amide bonds. The molecule has 1 aromatic heterocycles. The van der Waals surface area contributed by atoms with Crippen molar-refractivity contribution in [3.63, 3.8) is 0 Å². The van der Waals surface area contributed by atoms with Gasteiger partial charge in [0.15, 0.2) is 0 Å². The van der Waals surface area contributed by atoms with Crippen LogP contribution in [0.15, 0.2) is 30.3 Å². The summed E-state index contributed by atoms with van der Waals surface area (Å²) in [7, 11) is 0. The highest BCUT2D eigenvalue weighted by Crippen LogP contribution is 2.10. The first kappa shape index (κ1) is 16.3. The van der Waals surface area contributed by atoms with E-state index in [1.54, 1.807) is 0 Å². The standard InChI is InChI=1S/C19H26N2O/c1-4-16-5-7-17(8-6-16)9-10-19(22)20-12-11-18-13-14(2)21-15(18)3/h5-8,13,21H,4,9-12H2,1-3H3,(H,20,22). The normalized spacial score (nSPS) is 10.7. The quantitative estimate of drug-likeness (QED) is 0.807. The van der Waals surface area contributed by atoms with E-state index in [0.29, 0.717) is 13.0 Å². The molecule has 0 bridgehead atoms. The van der Waals surface area contributed by atoms with Gasteiger partial charge in [0.1, 0.15) is 0 Å². The van der Waals surface area contributed by atoms with Crippen LogP contribution in [0, 0.1) is 13.8 Å². The molecule has 0 aliphatic carbocycles. The van der Waals surface area contributed by atoms with E-state index in [2.05, 4.69) is 61.4 Å². The van der Waals surface area contributed by atoms with Crippen LogP contribution in [0.4, 0.5) is 0 Å². The van der Waals surface area contributed by atoms with E-state index in [1.807, 2.05) is 0 Å². The Kier molecular flexibility index (Phi) is 5.82. The summed E-state index contributed by atoms with van der Waals surface area (Å²) in [5.74, 6) is 0.129. The highest BCUT2D eigenvalue weighted by molar-refractivity contribution is 5.76. The highest BCUT2D eigenvalue weighted by atomic mass is 16.1. The molecule has 118 valence electrons. The van der Waals surface area contributed by atoms with Gasteiger partial charge in [-0.25, -0.2) is 0 Å². The van der Waals surface area contributed by atoms with E-state index in [0.717, 1.165) is 19.3 Å². The van der Waals surface area contributed by atoms with Crippen molar-refractivity contribution < 1.29 is 4.79 Å². The third-order valence-electron chi connectivity index (χ3n) is 4.05. The van der Waals surface area contributed by atoms with Gasteiger partial charge in [-0.3, -0.25) is 4.79 Å². The summed E-state index contributed by atoms with van der Waals surface area (Å²) in [5.41, 5.74) is 6.22. The number of aromatic nitrogens is 1. The van der Waals surface area contributed by atoms with Gasteiger partial charge in [-0.2, -0.15) is 0 Å². The first-order valence-corrected chi connectivity index (χ1v) is 8.08. The molecular formula is C19H26N2O. The van der Waals surface area contributed by atoms with Crippen molar-refractivity contribution in [2.24, 2.45) is 0 Å². The Morgan fingerprint density at radius 2 is 1.77 bits per heavy atom. The summed E-state index contributed by atoms with van der Waals surface area (Å²) in [5, 5.41) is 3.01. The fourth-order valence-corrected chi connectivity index (χ4v) is 2.67. The Morgan fingerprint density at radius 3 is 2.36 bits per heavy atom. The van der Waals surface area contributed by atoms with Crippen molar-refractivity contribution in [2.75, 3.05) is 6.54 Å². The Morgan fingerprint density at radius 1 is 1.09 bits per heavy atom. The topological polar surface area (TPSA) is 44.9 Å². The van der Waals surface area contributed by atoms with Crippen LogP contribution < -0.4 is 5.32 Å². The molecule has 2 N–H and O–H groups in total. The third-order valence-corrected chi connectivity index (χ3v) is 4.05. The lowest BCUT2D eigenvalue weighted by Gasteiger charge is -2.06. The van der Waals surface area contributed by atoms with Gasteiger partial charge in [-0.1, -0.05) is 31.2 Å². The summed E-state index contributed by atoms with van der Waals surface area (Å²) in [6.45, 7) is 6.98. The van der Waals surface area contributed by atoms with Gasteiger partial charge in [-0.15, -0.1) is 0 Å². The molecule has 0 aliphatic rings. The van der Waals surface area contributed by atoms with Gasteiger partial charge < -0.3 is 10.3 Å². The number of aryl methyl sites for hydroxylation is 4. The number of benzene rings is 1. The largest absolute Gasteiger partial charge is 0.362 e. The summed E-state index contributed by atoms with van der Waals surface area (Å²) >= 11 is 0. The molecule has 0 fully saturated rings. The molecule has 0 aliphatic heterocycles. The lowest BCUT2D eigenvalue weighted by Crippen LogP contribution is -2.25. The Labute approximate surface area is 133 Å². The number of nitrogens with one attached hydrogen (secondary N) is 2. The van der Waals surface area contributed by atoms with Gasteiger partial charge >= 0.3 is 0 Å². The summed E-state index contributed by atoms with van der Waals surface area (Å²) in [6.07, 6.45) is 3.29. The molecule has 1 heterocycles. The fourth-order valence-electron chi connectivity index (χ4n) is 2.67. The lowest BCUT2D eigenvalue weighted by atomic mass is 10.1. The first-order chi connectivity index (χ1) is 10.6. The minimum absolute atomic E-state index is 0.129. The first-order valence-electron chi connectivity index (χ1n) is 8.08. The second kappa shape index (κ2) is 7.83. The average molecular weight is 298 g/mol. The number of H-pyrrole nitrogens is 1. The Hall–Kier alpha value is -2.03. The van der Waals surface area contributed by atoms with Crippen LogP contribution in [0.25, 0.3) is 0 Å². The minimum Gasteiger partial charge on any atom is -0.362 e. The van der Waals surface area contributed by atoms with Crippen LogP contribution in [0.2, 0.25) is 0 Å². The maximum Gasteiger partial charge on any atom is 0.220 e. The van der Waals surface area contributed by atoms with E-state index in [1.165, 1.54) is 28.1 Å². The lowest BCUT2D eigenvalue weighted by molar-refractivity contribution is -0.121. The van der Waals surface area contributed by atoms with Crippen molar-refractivity contribution >= 4 is 5.91 Å². The van der Waals surface area contributed by atoms with Crippen molar-refractivity contribution in [3.05, 3.63) is 58.4 Å². The molecule has 0 atom stereocenters. The van der Waals surface area contributed by atoms with Crippen LogP contribution in [0.1, 0.15) is 41.4 Å². The maximum atomic E-state index is 11.9. The van der Waals surface area contributed by atoms with E-state index >= 15 is 0 Å². The molecule has 1 aromatic carbocycles. The predicted octanol–water partition coefficient (Wildman–Crippen LogP) is 3.49. The molecule has 3 heteroatoms. The number of rotatable bonds is 7. The number of hydrogen-bond donors (Lipinski definition) is 2. The smallest absolute Gasteiger partial charge is 0.220 e. The molecule has 0 unspecified atom stereocenters. The highest BCUT2D eigenvalue weighted by Gasteiger charge is 2.05. The van der Waals surface area contributed by atoms with Crippen molar-refractivity contribution in [1.29, 1.82) is 0 Å². The van der Waals surface area contributed by atoms with Gasteiger partial charge in [0.05, 0.1) is 0 Å². The van der Waals surface area contributed by atoms with Crippen LogP contribution in [0.5, 0.6) is 0 Å². The Balaban J connectivity index is 1.70. The zero-order chi connectivity index (χ0) is 15.9. The van der Waals surface area contributed by atoms with Gasteiger partial charge in [0.25, 0.3) is 0 Å². The molecule has 22 heavy (non-hydrogen) atoms. The van der Waals surface area contributed by atoms with Crippen molar-refractivity contribution in [1.82, 2.24) is 10.3 Å². The van der Waals surface area contributed by atoms with Gasteiger partial charge in [0.2, 0.25) is 5.91 Å². The maximum absolute atomic E-state index is 11.9. The molecular weight excluding hydrogens is 272 g/mol. The predicted molar refractivity (Wildman–Crippen MR) is 91.1 cm³/mol. The van der Waals surface area contributed by atoms with E-state index in [4.69, 9.17) is 0 Å². The number of carbonyl (C=O) groups excluding carboxylic acids is 1. The third kappa shape index (κ3) is 4.76. The monoisotopic (exact) mass is 298 g/mol. The molecule has 2 aromatic rings. The number of hydrogen-bond acceptors (Lipinski definition) is 1. The number of aromatic amines is 1. The molecule has 3 nitrogen and oxygen atoms in total. The van der Waals surface area contributed by atoms with Crippen molar-refractivity contribution in [2.45, 2.75) is 46.5 Å². The van der Waals surface area contributed by atoms with E-state index < -0.39 is 0 Å². The van der Waals surface area contributed by atoms with E-state index in [9.17, 15) is 4.79 Å². The summed E-state index contributed by atoms with van der Waals surface area (Å²) < 4.78 is 0. The second-order valence-electron chi connectivity index (χ2n) is 5.87. The number of amides is 1. The summed E-state index contributed by atoms with van der Waals surface area (Å²) in [4.78, 5) is 15.2. The zero-order valence-corrected chi connectivity index (χ0v) is 13.8. The number of carbonyl (C=O) groups is 1. The molecule has 2 rings (SSSR count). The van der Waals surface area contributed by atoms with Gasteiger partial charge in [-0.05, 0) is 55.9 Å². The molecule has 0 saturated carbocycles. The Bertz CT molecular complexity index is 611. The van der Waals surface area contributed by atoms with Crippen LogP contribution in [0.3, 0.4) is 0 Å². The minimum atomic E-state index is 0.129. The van der Waals surface area contributed by atoms with E-state index in [-0.39, 0.29) is 5.91 Å². The molecule has 0 spiro atoms. The van der Waals surface area contributed by atoms with Crippen LogP contribution in [-0.4, -0.2) is 17.4 Å². The second-order valence-corrected chi connectivity index (χ2v) is 5.87. The van der Waals surface area contributed by atoms with Gasteiger partial charge in [0, 0.05) is 24.4 Å². The van der Waals surface area contributed by atoms with Crippen LogP contribution >= 0.6 is 0 Å². The van der Waals surface area contributed by atoms with Crippen LogP contribution in [-0.2, 0) is 24.1 Å². The fraction of sp³-hybridized carbons (Fsp3) is 0.421.